The molecule has 1 rings (SSSR count). The van der Waals surface area contributed by atoms with Crippen molar-refractivity contribution in [1.82, 2.24) is 10.3 Å². The molecule has 0 saturated heterocycles. The molecule has 0 spiro atoms. The Morgan fingerprint density at radius 2 is 2.17 bits per heavy atom. The summed E-state index contributed by atoms with van der Waals surface area (Å²) < 4.78 is 0. The predicted molar refractivity (Wildman–Crippen MR) is 82.6 cm³/mol. The first-order valence-corrected chi connectivity index (χ1v) is 7.84. The Labute approximate surface area is 115 Å². The van der Waals surface area contributed by atoms with Gasteiger partial charge in [-0.1, -0.05) is 0 Å². The molecule has 0 bridgehead atoms. The standard InChI is InChI=1S/C14H25N3S/c1-11(7-9-18-5)17(4)14-10-13(6-8-16-14)12(2)15-3/h6,8,10-12,15H,7,9H2,1-5H3. The third-order valence-corrected chi connectivity index (χ3v) is 4.11. The minimum absolute atomic E-state index is 0.363. The van der Waals surface area contributed by atoms with E-state index in [2.05, 4.69) is 54.5 Å². The molecule has 0 aliphatic carbocycles. The van der Waals surface area contributed by atoms with Crippen molar-refractivity contribution in [3.05, 3.63) is 23.9 Å². The summed E-state index contributed by atoms with van der Waals surface area (Å²) in [5, 5.41) is 3.26. The zero-order valence-electron chi connectivity index (χ0n) is 12.1. The Balaban J connectivity index is 2.76. The van der Waals surface area contributed by atoms with Crippen LogP contribution < -0.4 is 10.2 Å². The van der Waals surface area contributed by atoms with Crippen LogP contribution in [-0.2, 0) is 0 Å². The number of anilines is 1. The van der Waals surface area contributed by atoms with Crippen LogP contribution in [0.2, 0.25) is 0 Å². The second-order valence-electron chi connectivity index (χ2n) is 4.70. The van der Waals surface area contributed by atoms with E-state index < -0.39 is 0 Å². The molecular formula is C14H25N3S. The molecule has 1 N–H and O–H groups in total. The molecule has 0 aliphatic heterocycles. The maximum absolute atomic E-state index is 4.48. The van der Waals surface area contributed by atoms with Gasteiger partial charge >= 0.3 is 0 Å². The first kappa shape index (κ1) is 15.3. The van der Waals surface area contributed by atoms with Crippen molar-refractivity contribution in [2.24, 2.45) is 0 Å². The second kappa shape index (κ2) is 7.64. The van der Waals surface area contributed by atoms with Crippen LogP contribution in [0.25, 0.3) is 0 Å². The lowest BCUT2D eigenvalue weighted by atomic mass is 10.1. The van der Waals surface area contributed by atoms with Crippen LogP contribution in [0.3, 0.4) is 0 Å². The molecule has 0 radical (unpaired) electrons. The van der Waals surface area contributed by atoms with Gasteiger partial charge in [-0.2, -0.15) is 11.8 Å². The molecule has 0 aliphatic rings. The van der Waals surface area contributed by atoms with Gasteiger partial charge in [-0.05, 0) is 57.0 Å². The zero-order chi connectivity index (χ0) is 13.5. The highest BCUT2D eigenvalue weighted by Crippen LogP contribution is 2.19. The van der Waals surface area contributed by atoms with Gasteiger partial charge in [0.1, 0.15) is 5.82 Å². The molecule has 2 unspecified atom stereocenters. The van der Waals surface area contributed by atoms with Crippen LogP contribution in [0.15, 0.2) is 18.3 Å². The van der Waals surface area contributed by atoms with E-state index in [0.717, 1.165) is 5.82 Å². The van der Waals surface area contributed by atoms with Crippen molar-refractivity contribution in [2.75, 3.05) is 31.0 Å². The summed E-state index contributed by atoms with van der Waals surface area (Å²) in [5.74, 6) is 2.25. The van der Waals surface area contributed by atoms with Gasteiger partial charge in [0.2, 0.25) is 0 Å². The predicted octanol–water partition coefficient (Wildman–Crippen LogP) is 2.94. The second-order valence-corrected chi connectivity index (χ2v) is 5.68. The number of hydrogen-bond acceptors (Lipinski definition) is 4. The Morgan fingerprint density at radius 3 is 2.78 bits per heavy atom. The summed E-state index contributed by atoms with van der Waals surface area (Å²) >= 11 is 1.90. The van der Waals surface area contributed by atoms with Crippen LogP contribution in [-0.4, -0.2) is 37.1 Å². The average Bonchev–Trinajstić information content (AvgIpc) is 2.43. The normalized spacial score (nSPS) is 14.3. The number of nitrogens with zero attached hydrogens (tertiary/aromatic N) is 2. The molecule has 18 heavy (non-hydrogen) atoms. The van der Waals surface area contributed by atoms with Crippen molar-refractivity contribution < 1.29 is 0 Å². The Bertz CT molecular complexity index is 357. The van der Waals surface area contributed by atoms with E-state index in [9.17, 15) is 0 Å². The third-order valence-electron chi connectivity index (χ3n) is 3.46. The minimum Gasteiger partial charge on any atom is -0.357 e. The number of aromatic nitrogens is 1. The fourth-order valence-corrected chi connectivity index (χ4v) is 2.35. The molecule has 3 nitrogen and oxygen atoms in total. The van der Waals surface area contributed by atoms with Crippen LogP contribution >= 0.6 is 11.8 Å². The van der Waals surface area contributed by atoms with Gasteiger partial charge in [0.05, 0.1) is 0 Å². The van der Waals surface area contributed by atoms with Gasteiger partial charge in [-0.3, -0.25) is 0 Å². The van der Waals surface area contributed by atoms with Crippen molar-refractivity contribution in [2.45, 2.75) is 32.4 Å². The summed E-state index contributed by atoms with van der Waals surface area (Å²) in [7, 11) is 4.11. The lowest BCUT2D eigenvalue weighted by Gasteiger charge is -2.26. The van der Waals surface area contributed by atoms with Gasteiger partial charge < -0.3 is 10.2 Å². The van der Waals surface area contributed by atoms with Crippen molar-refractivity contribution in [1.29, 1.82) is 0 Å². The largest absolute Gasteiger partial charge is 0.357 e. The smallest absolute Gasteiger partial charge is 0.128 e. The third kappa shape index (κ3) is 4.18. The minimum atomic E-state index is 0.363. The van der Waals surface area contributed by atoms with Crippen LogP contribution in [0, 0.1) is 0 Å². The summed E-state index contributed by atoms with van der Waals surface area (Å²) in [6.07, 6.45) is 5.24. The fourth-order valence-electron chi connectivity index (χ4n) is 1.77. The lowest BCUT2D eigenvalue weighted by molar-refractivity contribution is 0.642. The number of thioether (sulfide) groups is 1. The molecule has 2 atom stereocenters. The lowest BCUT2D eigenvalue weighted by Crippen LogP contribution is -2.30. The highest BCUT2D eigenvalue weighted by Gasteiger charge is 2.12. The van der Waals surface area contributed by atoms with Gasteiger partial charge in [0, 0.05) is 25.3 Å². The fraction of sp³-hybridized carbons (Fsp3) is 0.643. The molecule has 102 valence electrons. The highest BCUT2D eigenvalue weighted by atomic mass is 32.2. The quantitative estimate of drug-likeness (QED) is 0.822. The van der Waals surface area contributed by atoms with Crippen molar-refractivity contribution >= 4 is 17.6 Å². The number of pyridine rings is 1. The Morgan fingerprint density at radius 1 is 1.44 bits per heavy atom. The maximum atomic E-state index is 4.48. The number of rotatable bonds is 7. The number of hydrogen-bond donors (Lipinski definition) is 1. The Kier molecular flexibility index (Phi) is 6.50. The first-order chi connectivity index (χ1) is 8.60. The monoisotopic (exact) mass is 267 g/mol. The van der Waals surface area contributed by atoms with Crippen LogP contribution in [0.4, 0.5) is 5.82 Å². The van der Waals surface area contributed by atoms with E-state index in [1.165, 1.54) is 17.7 Å². The van der Waals surface area contributed by atoms with E-state index in [-0.39, 0.29) is 0 Å². The summed E-state index contributed by atoms with van der Waals surface area (Å²) in [6, 6.07) is 5.13. The summed E-state index contributed by atoms with van der Waals surface area (Å²) in [4.78, 5) is 6.74. The molecule has 1 heterocycles. The summed E-state index contributed by atoms with van der Waals surface area (Å²) in [5.41, 5.74) is 1.28. The molecule has 4 heteroatoms. The van der Waals surface area contributed by atoms with E-state index in [1.807, 2.05) is 25.0 Å². The van der Waals surface area contributed by atoms with Crippen molar-refractivity contribution in [3.63, 3.8) is 0 Å². The van der Waals surface area contributed by atoms with E-state index in [1.54, 1.807) is 0 Å². The average molecular weight is 267 g/mol. The Hall–Kier alpha value is -0.740. The molecule has 1 aromatic heterocycles. The van der Waals surface area contributed by atoms with Gasteiger partial charge in [-0.25, -0.2) is 4.98 Å². The SMILES string of the molecule is CNC(C)c1ccnc(N(C)C(C)CCSC)c1. The zero-order valence-corrected chi connectivity index (χ0v) is 12.9. The van der Waals surface area contributed by atoms with Gasteiger partial charge in [0.15, 0.2) is 0 Å². The summed E-state index contributed by atoms with van der Waals surface area (Å²) in [6.45, 7) is 4.42. The molecule has 1 aromatic rings. The molecule has 0 fully saturated rings. The van der Waals surface area contributed by atoms with Gasteiger partial charge in [0.25, 0.3) is 0 Å². The molecule has 0 amide bonds. The molecule has 0 saturated carbocycles. The van der Waals surface area contributed by atoms with Crippen molar-refractivity contribution in [3.8, 4) is 0 Å². The molecule has 0 aromatic carbocycles. The van der Waals surface area contributed by atoms with Crippen LogP contribution in [0.5, 0.6) is 0 Å². The van der Waals surface area contributed by atoms with E-state index in [0.29, 0.717) is 12.1 Å². The topological polar surface area (TPSA) is 28.2 Å². The van der Waals surface area contributed by atoms with E-state index >= 15 is 0 Å². The highest BCUT2D eigenvalue weighted by molar-refractivity contribution is 7.98. The maximum Gasteiger partial charge on any atom is 0.128 e. The first-order valence-electron chi connectivity index (χ1n) is 6.45. The van der Waals surface area contributed by atoms with Gasteiger partial charge in [-0.15, -0.1) is 0 Å². The molecular weight excluding hydrogens is 242 g/mol. The number of nitrogens with one attached hydrogen (secondary N) is 1. The van der Waals surface area contributed by atoms with E-state index in [4.69, 9.17) is 0 Å². The van der Waals surface area contributed by atoms with Crippen LogP contribution in [0.1, 0.15) is 31.9 Å².